The number of nitrogens with two attached hydrogens (primary N) is 1. The number of benzene rings is 2. The molecule has 152 valence electrons. The van der Waals surface area contributed by atoms with Crippen LogP contribution in [0.3, 0.4) is 0 Å². The lowest BCUT2D eigenvalue weighted by Gasteiger charge is -2.07. The Kier molecular flexibility index (Phi) is 6.20. The molecule has 1 amide bonds. The fourth-order valence-corrected chi connectivity index (χ4v) is 4.10. The van der Waals surface area contributed by atoms with E-state index in [0.29, 0.717) is 34.6 Å². The molecule has 4 aromatic rings. The van der Waals surface area contributed by atoms with Crippen LogP contribution in [0.1, 0.15) is 21.7 Å². The van der Waals surface area contributed by atoms with Gasteiger partial charge >= 0.3 is 0 Å². The van der Waals surface area contributed by atoms with Crippen molar-refractivity contribution in [2.45, 2.75) is 17.5 Å². The molecule has 0 unspecified atom stereocenters. The van der Waals surface area contributed by atoms with Crippen LogP contribution in [-0.4, -0.2) is 20.8 Å². The normalized spacial score (nSPS) is 10.8. The van der Waals surface area contributed by atoms with E-state index in [-0.39, 0.29) is 5.91 Å². The summed E-state index contributed by atoms with van der Waals surface area (Å²) in [4.78, 5) is 12.4. The van der Waals surface area contributed by atoms with Gasteiger partial charge in [0.1, 0.15) is 5.76 Å². The molecule has 0 radical (unpaired) electrons. The summed E-state index contributed by atoms with van der Waals surface area (Å²) in [7, 11) is 0. The molecule has 3 N–H and O–H groups in total. The second-order valence-corrected chi connectivity index (χ2v) is 8.20. The topological polar surface area (TPSA) is 99.0 Å². The molecule has 9 heteroatoms. The average molecular weight is 484 g/mol. The number of rotatable bonds is 7. The van der Waals surface area contributed by atoms with Crippen molar-refractivity contribution in [3.63, 3.8) is 0 Å². The third kappa shape index (κ3) is 4.58. The predicted octanol–water partition coefficient (Wildman–Crippen LogP) is 4.24. The summed E-state index contributed by atoms with van der Waals surface area (Å²) in [5.74, 6) is 7.94. The Balaban J connectivity index is 1.41. The van der Waals surface area contributed by atoms with Gasteiger partial charge in [0, 0.05) is 21.4 Å². The first-order valence-corrected chi connectivity index (χ1v) is 10.9. The Morgan fingerprint density at radius 1 is 1.13 bits per heavy atom. The minimum Gasteiger partial charge on any atom is -0.467 e. The minimum atomic E-state index is -0.156. The van der Waals surface area contributed by atoms with Gasteiger partial charge in [-0.25, -0.2) is 4.68 Å². The lowest BCUT2D eigenvalue weighted by molar-refractivity contribution is 0.0948. The first kappa shape index (κ1) is 20.2. The van der Waals surface area contributed by atoms with Crippen LogP contribution in [0.4, 0.5) is 0 Å². The zero-order valence-electron chi connectivity index (χ0n) is 15.8. The molecule has 0 fully saturated rings. The first-order chi connectivity index (χ1) is 14.6. The Morgan fingerprint density at radius 3 is 2.80 bits per heavy atom. The number of hydrogen-bond donors (Lipinski definition) is 2. The van der Waals surface area contributed by atoms with Crippen LogP contribution in [0.5, 0.6) is 0 Å². The van der Waals surface area contributed by atoms with Crippen LogP contribution in [0.15, 0.2) is 81.0 Å². The van der Waals surface area contributed by atoms with Crippen molar-refractivity contribution in [1.29, 1.82) is 0 Å². The van der Waals surface area contributed by atoms with E-state index >= 15 is 0 Å². The molecule has 0 saturated carbocycles. The van der Waals surface area contributed by atoms with Gasteiger partial charge in [0.05, 0.1) is 12.8 Å². The number of carbonyl (C=O) groups excluding carboxylic acids is 1. The highest BCUT2D eigenvalue weighted by molar-refractivity contribution is 9.10. The second-order valence-electron chi connectivity index (χ2n) is 6.41. The SMILES string of the molecule is Nn1c(SCc2cccc(C(=O)NCc3ccco3)c2)nnc1-c1ccccc1Br. The number of nitrogen functional groups attached to an aromatic ring is 1. The van der Waals surface area contributed by atoms with Crippen molar-refractivity contribution in [3.8, 4) is 11.4 Å². The van der Waals surface area contributed by atoms with Crippen molar-refractivity contribution < 1.29 is 9.21 Å². The maximum absolute atomic E-state index is 12.4. The zero-order valence-corrected chi connectivity index (χ0v) is 18.2. The summed E-state index contributed by atoms with van der Waals surface area (Å²) in [6, 6.07) is 18.8. The van der Waals surface area contributed by atoms with E-state index in [0.717, 1.165) is 15.6 Å². The molecule has 4 rings (SSSR count). The molecular weight excluding hydrogens is 466 g/mol. The average Bonchev–Trinajstić information content (AvgIpc) is 3.41. The van der Waals surface area contributed by atoms with Gasteiger partial charge in [-0.1, -0.05) is 52.0 Å². The third-order valence-electron chi connectivity index (χ3n) is 4.34. The predicted molar refractivity (Wildman–Crippen MR) is 119 cm³/mol. The number of thioether (sulfide) groups is 1. The summed E-state index contributed by atoms with van der Waals surface area (Å²) >= 11 is 4.97. The van der Waals surface area contributed by atoms with Gasteiger partial charge in [-0.15, -0.1) is 10.2 Å². The molecule has 0 aliphatic rings. The quantitative estimate of drug-likeness (QED) is 0.301. The Bertz CT molecular complexity index is 1160. The van der Waals surface area contributed by atoms with Gasteiger partial charge in [0.25, 0.3) is 5.91 Å². The number of carbonyl (C=O) groups is 1. The molecule has 2 heterocycles. The minimum absolute atomic E-state index is 0.156. The number of halogens is 1. The van der Waals surface area contributed by atoms with Crippen molar-refractivity contribution in [2.24, 2.45) is 0 Å². The molecule has 30 heavy (non-hydrogen) atoms. The number of furan rings is 1. The van der Waals surface area contributed by atoms with Gasteiger partial charge in [-0.05, 0) is 42.0 Å². The molecule has 2 aromatic carbocycles. The molecule has 2 aromatic heterocycles. The first-order valence-electron chi connectivity index (χ1n) is 9.09. The molecule has 0 aliphatic heterocycles. The summed E-state index contributed by atoms with van der Waals surface area (Å²) in [6.45, 7) is 0.346. The van der Waals surface area contributed by atoms with Crippen molar-refractivity contribution in [1.82, 2.24) is 20.2 Å². The Labute approximate surface area is 185 Å². The number of aromatic nitrogens is 3. The van der Waals surface area contributed by atoms with Gasteiger partial charge < -0.3 is 15.6 Å². The van der Waals surface area contributed by atoms with Crippen LogP contribution >= 0.6 is 27.7 Å². The van der Waals surface area contributed by atoms with Crippen LogP contribution in [-0.2, 0) is 12.3 Å². The van der Waals surface area contributed by atoms with E-state index < -0.39 is 0 Å². The lowest BCUT2D eigenvalue weighted by atomic mass is 10.1. The number of hydrogen-bond acceptors (Lipinski definition) is 6. The molecule has 0 aliphatic carbocycles. The Hall–Kier alpha value is -3.04. The molecule has 0 saturated heterocycles. The molecule has 0 atom stereocenters. The standard InChI is InChI=1S/C21H18BrN5O2S/c22-18-9-2-1-8-17(18)19-25-26-21(27(19)23)30-13-14-5-3-6-15(11-14)20(28)24-12-16-7-4-10-29-16/h1-11H,12-13,23H2,(H,24,28). The third-order valence-corrected chi connectivity index (χ3v) is 6.05. The number of nitrogens with one attached hydrogen (secondary N) is 1. The van der Waals surface area contributed by atoms with Crippen LogP contribution in [0.25, 0.3) is 11.4 Å². The highest BCUT2D eigenvalue weighted by atomic mass is 79.9. The largest absolute Gasteiger partial charge is 0.467 e. The summed E-state index contributed by atoms with van der Waals surface area (Å²) < 4.78 is 7.61. The number of amides is 1. The van der Waals surface area contributed by atoms with Crippen molar-refractivity contribution >= 4 is 33.6 Å². The van der Waals surface area contributed by atoms with E-state index in [4.69, 9.17) is 10.3 Å². The van der Waals surface area contributed by atoms with E-state index in [2.05, 4.69) is 31.4 Å². The highest BCUT2D eigenvalue weighted by Crippen LogP contribution is 2.29. The summed E-state index contributed by atoms with van der Waals surface area (Å²) in [6.07, 6.45) is 1.58. The summed E-state index contributed by atoms with van der Waals surface area (Å²) in [5.41, 5.74) is 2.44. The lowest BCUT2D eigenvalue weighted by Crippen LogP contribution is -2.22. The van der Waals surface area contributed by atoms with E-state index in [1.54, 1.807) is 18.4 Å². The number of nitrogens with zero attached hydrogens (tertiary/aromatic N) is 3. The van der Waals surface area contributed by atoms with Crippen molar-refractivity contribution in [2.75, 3.05) is 5.84 Å². The van der Waals surface area contributed by atoms with E-state index in [9.17, 15) is 4.79 Å². The Morgan fingerprint density at radius 2 is 2.00 bits per heavy atom. The monoisotopic (exact) mass is 483 g/mol. The van der Waals surface area contributed by atoms with Crippen molar-refractivity contribution in [3.05, 3.63) is 88.3 Å². The molecule has 0 bridgehead atoms. The smallest absolute Gasteiger partial charge is 0.251 e. The second kappa shape index (κ2) is 9.19. The van der Waals surface area contributed by atoms with Gasteiger partial charge in [0.2, 0.25) is 5.16 Å². The highest BCUT2D eigenvalue weighted by Gasteiger charge is 2.15. The van der Waals surface area contributed by atoms with Gasteiger partial charge in [0.15, 0.2) is 5.82 Å². The fraction of sp³-hybridized carbons (Fsp3) is 0.0952. The van der Waals surface area contributed by atoms with Crippen LogP contribution in [0.2, 0.25) is 0 Å². The van der Waals surface area contributed by atoms with Crippen LogP contribution in [0, 0.1) is 0 Å². The zero-order chi connectivity index (χ0) is 20.9. The fourth-order valence-electron chi connectivity index (χ4n) is 2.83. The molecule has 0 spiro atoms. The van der Waals surface area contributed by atoms with Crippen LogP contribution < -0.4 is 11.2 Å². The maximum atomic E-state index is 12.4. The van der Waals surface area contributed by atoms with E-state index in [1.165, 1.54) is 16.4 Å². The van der Waals surface area contributed by atoms with E-state index in [1.807, 2.05) is 48.5 Å². The maximum Gasteiger partial charge on any atom is 0.251 e. The molecular formula is C21H18BrN5O2S. The van der Waals surface area contributed by atoms with Gasteiger partial charge in [-0.3, -0.25) is 4.79 Å². The molecule has 7 nitrogen and oxygen atoms in total. The summed E-state index contributed by atoms with van der Waals surface area (Å²) in [5, 5.41) is 11.9. The van der Waals surface area contributed by atoms with Gasteiger partial charge in [-0.2, -0.15) is 0 Å².